The minimum absolute atomic E-state index is 1.08. The zero-order chi connectivity index (χ0) is 40.5. The van der Waals surface area contributed by atoms with Crippen molar-refractivity contribution >= 4 is 49.4 Å². The summed E-state index contributed by atoms with van der Waals surface area (Å²) in [6, 6.07) is 90.7. The lowest BCUT2D eigenvalue weighted by Crippen LogP contribution is -2.11. The van der Waals surface area contributed by atoms with Crippen molar-refractivity contribution in [1.82, 2.24) is 0 Å². The highest BCUT2D eigenvalue weighted by Gasteiger charge is 2.20. The molecule has 1 heteroatoms. The summed E-state index contributed by atoms with van der Waals surface area (Å²) in [6.45, 7) is 0. The topological polar surface area (TPSA) is 3.24 Å². The van der Waals surface area contributed by atoms with E-state index in [0.29, 0.717) is 0 Å². The Labute approximate surface area is 357 Å². The van der Waals surface area contributed by atoms with Crippen LogP contribution >= 0.6 is 0 Å². The van der Waals surface area contributed by atoms with Crippen LogP contribution in [-0.4, -0.2) is 0 Å². The Kier molecular flexibility index (Phi) is 9.26. The van der Waals surface area contributed by atoms with Gasteiger partial charge >= 0.3 is 0 Å². The van der Waals surface area contributed by atoms with Crippen molar-refractivity contribution in [1.29, 1.82) is 0 Å². The maximum absolute atomic E-state index is 2.45. The van der Waals surface area contributed by atoms with Gasteiger partial charge in [0.25, 0.3) is 0 Å². The Morgan fingerprint density at radius 2 is 0.689 bits per heavy atom. The van der Waals surface area contributed by atoms with E-state index in [2.05, 4.69) is 254 Å². The highest BCUT2D eigenvalue weighted by atomic mass is 15.1. The second kappa shape index (κ2) is 15.6. The van der Waals surface area contributed by atoms with Gasteiger partial charge in [-0.3, -0.25) is 0 Å². The molecule has 11 aromatic carbocycles. The molecule has 11 rings (SSSR count). The first-order valence-corrected chi connectivity index (χ1v) is 21.0. The number of nitrogens with zero attached hydrogens (tertiary/aromatic N) is 1. The smallest absolute Gasteiger partial charge is 0.0546 e. The van der Waals surface area contributed by atoms with E-state index in [9.17, 15) is 0 Å². The Balaban J connectivity index is 1.12. The van der Waals surface area contributed by atoms with Crippen LogP contribution in [-0.2, 0) is 0 Å². The molecule has 11 aromatic rings. The molecule has 0 saturated carbocycles. The number of anilines is 3. The van der Waals surface area contributed by atoms with E-state index in [0.717, 1.165) is 28.2 Å². The van der Waals surface area contributed by atoms with Crippen molar-refractivity contribution in [2.75, 3.05) is 4.90 Å². The first-order valence-electron chi connectivity index (χ1n) is 21.0. The molecule has 0 saturated heterocycles. The third-order valence-electron chi connectivity index (χ3n) is 12.0. The molecule has 286 valence electrons. The van der Waals surface area contributed by atoms with Crippen LogP contribution in [0.3, 0.4) is 0 Å². The summed E-state index contributed by atoms with van der Waals surface area (Å²) < 4.78 is 0. The fourth-order valence-corrected chi connectivity index (χ4v) is 8.89. The molecular formula is C60H41N. The van der Waals surface area contributed by atoms with Gasteiger partial charge in [-0.15, -0.1) is 0 Å². The second-order valence-electron chi connectivity index (χ2n) is 15.8. The van der Waals surface area contributed by atoms with Crippen molar-refractivity contribution in [3.63, 3.8) is 0 Å². The molecule has 0 fully saturated rings. The minimum atomic E-state index is 1.08. The van der Waals surface area contributed by atoms with Crippen molar-refractivity contribution in [3.8, 4) is 55.6 Å². The van der Waals surface area contributed by atoms with Crippen LogP contribution in [0.25, 0.3) is 88.0 Å². The molecular weight excluding hydrogens is 735 g/mol. The average Bonchev–Trinajstić information content (AvgIpc) is 3.34. The first kappa shape index (κ1) is 36.1. The Hall–Kier alpha value is -8.00. The maximum Gasteiger partial charge on any atom is 0.0546 e. The fourth-order valence-electron chi connectivity index (χ4n) is 8.89. The molecule has 0 unspecified atom stereocenters. The lowest BCUT2D eigenvalue weighted by molar-refractivity contribution is 1.28. The lowest BCUT2D eigenvalue weighted by Gasteiger charge is -2.29. The van der Waals surface area contributed by atoms with E-state index in [1.807, 2.05) is 0 Å². The largest absolute Gasteiger partial charge is 0.310 e. The van der Waals surface area contributed by atoms with Crippen LogP contribution in [0.2, 0.25) is 0 Å². The van der Waals surface area contributed by atoms with Gasteiger partial charge in [0.15, 0.2) is 0 Å². The molecule has 0 aliphatic heterocycles. The third-order valence-corrected chi connectivity index (χ3v) is 12.0. The number of hydrogen-bond donors (Lipinski definition) is 0. The van der Waals surface area contributed by atoms with E-state index in [1.165, 1.54) is 76.8 Å². The quantitative estimate of drug-likeness (QED) is 0.149. The molecule has 0 atom stereocenters. The van der Waals surface area contributed by atoms with Crippen LogP contribution in [0.1, 0.15) is 0 Å². The Bertz CT molecular complexity index is 3360. The molecule has 0 bridgehead atoms. The van der Waals surface area contributed by atoms with E-state index >= 15 is 0 Å². The van der Waals surface area contributed by atoms with Gasteiger partial charge < -0.3 is 4.90 Å². The van der Waals surface area contributed by atoms with Crippen molar-refractivity contribution < 1.29 is 0 Å². The van der Waals surface area contributed by atoms with E-state index < -0.39 is 0 Å². The Morgan fingerprint density at radius 3 is 1.44 bits per heavy atom. The fraction of sp³-hybridized carbons (Fsp3) is 0. The molecule has 1 nitrogen and oxygen atoms in total. The first-order chi connectivity index (χ1) is 30.2. The highest BCUT2D eigenvalue weighted by Crippen LogP contribution is 2.45. The van der Waals surface area contributed by atoms with Gasteiger partial charge in [0.05, 0.1) is 5.69 Å². The van der Waals surface area contributed by atoms with Gasteiger partial charge in [-0.2, -0.15) is 0 Å². The summed E-state index contributed by atoms with van der Waals surface area (Å²) in [5.41, 5.74) is 15.1. The summed E-state index contributed by atoms with van der Waals surface area (Å²) in [7, 11) is 0. The summed E-state index contributed by atoms with van der Waals surface area (Å²) >= 11 is 0. The molecule has 0 radical (unpaired) electrons. The summed E-state index contributed by atoms with van der Waals surface area (Å²) in [5.74, 6) is 0. The van der Waals surface area contributed by atoms with Gasteiger partial charge in [0.1, 0.15) is 0 Å². The van der Waals surface area contributed by atoms with Crippen LogP contribution in [0, 0.1) is 0 Å². The van der Waals surface area contributed by atoms with Gasteiger partial charge in [0.2, 0.25) is 0 Å². The number of benzene rings is 11. The molecule has 0 aliphatic carbocycles. The summed E-state index contributed by atoms with van der Waals surface area (Å²) in [4.78, 5) is 2.45. The molecule has 0 spiro atoms. The molecule has 0 heterocycles. The average molecular weight is 776 g/mol. The molecule has 61 heavy (non-hydrogen) atoms. The predicted octanol–water partition coefficient (Wildman–Crippen LogP) is 17.0. The normalized spacial score (nSPS) is 11.3. The molecule has 0 aromatic heterocycles. The SMILES string of the molecule is c1ccc(-c2cccc(-c3ccc(N(c4cccc(-c5cccc6ccccc56)c4)c4cc(-c5ccc6ccccc6c5)ccc4-c4ccc5ccccc5c4)cc3)c2)cc1. The van der Waals surface area contributed by atoms with E-state index in [1.54, 1.807) is 0 Å². The number of fused-ring (bicyclic) bond motifs is 3. The zero-order valence-electron chi connectivity index (χ0n) is 33.6. The minimum Gasteiger partial charge on any atom is -0.310 e. The number of hydrogen-bond acceptors (Lipinski definition) is 1. The summed E-state index contributed by atoms with van der Waals surface area (Å²) in [5, 5.41) is 7.39. The monoisotopic (exact) mass is 775 g/mol. The van der Waals surface area contributed by atoms with Gasteiger partial charge in [-0.1, -0.05) is 200 Å². The standard InChI is InChI=1S/C60H41N/c1-2-13-42(14-3-1)49-21-10-22-50(37-49)45-31-34-55(35-32-45)61(56-24-11-23-53(40-56)58-26-12-20-46-17-8-9-25-57(46)58)60-41-52(51-29-27-43-15-4-6-18-47(43)38-51)33-36-59(60)54-30-28-44-16-5-7-19-48(44)39-54/h1-41H. The lowest BCUT2D eigenvalue weighted by atomic mass is 9.94. The van der Waals surface area contributed by atoms with Crippen LogP contribution in [0.4, 0.5) is 17.1 Å². The van der Waals surface area contributed by atoms with Gasteiger partial charge in [-0.05, 0) is 131 Å². The van der Waals surface area contributed by atoms with Crippen molar-refractivity contribution in [2.24, 2.45) is 0 Å². The van der Waals surface area contributed by atoms with E-state index in [-0.39, 0.29) is 0 Å². The van der Waals surface area contributed by atoms with Crippen LogP contribution in [0.15, 0.2) is 249 Å². The van der Waals surface area contributed by atoms with E-state index in [4.69, 9.17) is 0 Å². The van der Waals surface area contributed by atoms with Gasteiger partial charge in [0, 0.05) is 16.9 Å². The van der Waals surface area contributed by atoms with Gasteiger partial charge in [-0.25, -0.2) is 0 Å². The summed E-state index contributed by atoms with van der Waals surface area (Å²) in [6.07, 6.45) is 0. The predicted molar refractivity (Wildman–Crippen MR) is 261 cm³/mol. The highest BCUT2D eigenvalue weighted by molar-refractivity contribution is 5.99. The van der Waals surface area contributed by atoms with Crippen LogP contribution in [0.5, 0.6) is 0 Å². The number of rotatable bonds is 8. The second-order valence-corrected chi connectivity index (χ2v) is 15.8. The molecule has 0 amide bonds. The third kappa shape index (κ3) is 7.03. The zero-order valence-corrected chi connectivity index (χ0v) is 33.6. The van der Waals surface area contributed by atoms with Crippen molar-refractivity contribution in [3.05, 3.63) is 249 Å². The maximum atomic E-state index is 2.45. The molecule has 0 N–H and O–H groups in total. The van der Waals surface area contributed by atoms with Crippen LogP contribution < -0.4 is 4.90 Å². The van der Waals surface area contributed by atoms with Crippen molar-refractivity contribution in [2.45, 2.75) is 0 Å². The Morgan fingerprint density at radius 1 is 0.213 bits per heavy atom. The molecule has 0 aliphatic rings.